The number of alkyl halides is 3. The van der Waals surface area contributed by atoms with E-state index in [1.54, 1.807) is 6.07 Å². The molecule has 0 spiro atoms. The first-order valence-electron chi connectivity index (χ1n) is 34.2. The quantitative estimate of drug-likeness (QED) is 0.177. The van der Waals surface area contributed by atoms with Gasteiger partial charge in [-0.15, -0.1) is 0 Å². The van der Waals surface area contributed by atoms with Crippen LogP contribution in [0.5, 0.6) is 0 Å². The first-order valence-corrected chi connectivity index (χ1v) is 34.2. The molecule has 7 aromatic carbocycles. The molecule has 5 heterocycles. The standard InChI is InChI=1S/C28H30F3N.2C26H30N2.3C2H6/c1-13-10-11-22(28(29,30)31)12-23(13)32-26-20(8)16(4)14(2)18(6)24(26)25-19(7)15(3)17(5)21(9)27(25)32;1-13-12-27-11-10-22(13)28-25-20(8)16(4)14(2)18(6)23(25)24-19(7)15(3)17(5)21(9)26(24)28;1-13-10-11-27-12-22(13)28-25-20(8)16(4)14(2)18(6)23(25)24-19(7)15(3)17(5)21(9)26(24)28;3*1-2/h10-12H,1-9H3;2*10-12H,1-9H3;3*1-2H3. The number of rotatable bonds is 3. The molecule has 0 saturated heterocycles. The number of halogens is 3. The maximum absolute atomic E-state index is 13.7. The van der Waals surface area contributed by atoms with E-state index in [0.717, 1.165) is 38.5 Å². The number of aromatic nitrogens is 5. The lowest BCUT2D eigenvalue weighted by molar-refractivity contribution is -0.137. The molecule has 0 unspecified atom stereocenters. The van der Waals surface area contributed by atoms with E-state index in [9.17, 15) is 13.2 Å². The van der Waals surface area contributed by atoms with Gasteiger partial charge < -0.3 is 13.7 Å². The smallest absolute Gasteiger partial charge is 0.308 e. The molecule has 0 bridgehead atoms. The molecule has 0 fully saturated rings. The van der Waals surface area contributed by atoms with Gasteiger partial charge >= 0.3 is 6.18 Å². The van der Waals surface area contributed by atoms with Crippen LogP contribution in [0.15, 0.2) is 55.1 Å². The molecule has 0 radical (unpaired) electrons. The summed E-state index contributed by atoms with van der Waals surface area (Å²) in [6.07, 6.45) is 3.39. The zero-order valence-electron chi connectivity index (χ0n) is 63.6. The van der Waals surface area contributed by atoms with Gasteiger partial charge in [0.1, 0.15) is 0 Å². The number of pyridine rings is 2. The summed E-state index contributed by atoms with van der Waals surface area (Å²) in [6.45, 7) is 71.5. The van der Waals surface area contributed by atoms with Gasteiger partial charge in [0.2, 0.25) is 0 Å². The zero-order valence-corrected chi connectivity index (χ0v) is 63.6. The fourth-order valence-electron chi connectivity index (χ4n) is 14.8. The molecule has 0 atom stereocenters. The Morgan fingerprint density at radius 3 is 0.745 bits per heavy atom. The molecule has 0 aliphatic carbocycles. The van der Waals surface area contributed by atoms with Crippen LogP contribution in [0.4, 0.5) is 13.2 Å². The number of fused-ring (bicyclic) bond motifs is 9. The Kier molecular flexibility index (Phi) is 21.7. The molecular weight excluding hydrogens is 1160 g/mol. The third-order valence-corrected chi connectivity index (χ3v) is 22.3. The Labute approximate surface area is 561 Å². The van der Waals surface area contributed by atoms with E-state index in [1.165, 1.54) is 201 Å². The molecule has 94 heavy (non-hydrogen) atoms. The first kappa shape index (κ1) is 73.4. The van der Waals surface area contributed by atoms with E-state index in [1.807, 2.05) is 73.3 Å². The van der Waals surface area contributed by atoms with Crippen LogP contribution in [0.1, 0.15) is 197 Å². The summed E-state index contributed by atoms with van der Waals surface area (Å²) in [5, 5.41) is 7.94. The van der Waals surface area contributed by atoms with E-state index < -0.39 is 11.7 Å². The van der Waals surface area contributed by atoms with Crippen molar-refractivity contribution in [3.05, 3.63) is 211 Å². The second-order valence-electron chi connectivity index (χ2n) is 26.2. The average molecular weight is 1270 g/mol. The summed E-state index contributed by atoms with van der Waals surface area (Å²) in [4.78, 5) is 8.82. The lowest BCUT2D eigenvalue weighted by Gasteiger charge is -2.19. The lowest BCUT2D eigenvalue weighted by Crippen LogP contribution is -2.08. The van der Waals surface area contributed by atoms with E-state index in [-0.39, 0.29) is 0 Å². The van der Waals surface area contributed by atoms with Gasteiger partial charge in [0, 0.05) is 56.6 Å². The monoisotopic (exact) mass is 1270 g/mol. The summed E-state index contributed by atoms with van der Waals surface area (Å²) in [5.41, 5.74) is 44.8. The molecule has 12 aromatic rings. The Bertz CT molecular complexity index is 4570. The SMILES string of the molecule is CC.CC.CC.Cc1ccc(C(F)(F)F)cc1-n1c2c(C)c(C)c(C)c(C)c2c2c(C)c(C)c(C)c(C)c21.Cc1ccncc1-n1c2c(C)c(C)c(C)c(C)c2c2c(C)c(C)c(C)c(C)c21.Cc1cnccc1-n1c2c(C)c(C)c(C)c(C)c2c2c(C)c(C)c(C)c(C)c21. The van der Waals surface area contributed by atoms with Crippen molar-refractivity contribution in [2.75, 3.05) is 0 Å². The van der Waals surface area contributed by atoms with Crippen LogP contribution in [0.25, 0.3) is 82.5 Å². The van der Waals surface area contributed by atoms with Gasteiger partial charge in [-0.05, 0) is 361 Å². The first-order chi connectivity index (χ1) is 44.1. The third kappa shape index (κ3) is 11.4. The maximum Gasteiger partial charge on any atom is 0.416 e. The van der Waals surface area contributed by atoms with E-state index >= 15 is 0 Å². The molecule has 12 rings (SSSR count). The number of benzene rings is 7. The van der Waals surface area contributed by atoms with Crippen LogP contribution in [-0.2, 0) is 6.18 Å². The highest BCUT2D eigenvalue weighted by Crippen LogP contribution is 2.48. The van der Waals surface area contributed by atoms with Crippen LogP contribution in [0.2, 0.25) is 0 Å². The average Bonchev–Trinajstić information content (AvgIpc) is 1.57. The van der Waals surface area contributed by atoms with Crippen molar-refractivity contribution in [3.8, 4) is 17.1 Å². The van der Waals surface area contributed by atoms with Crippen molar-refractivity contribution in [3.63, 3.8) is 0 Å². The summed E-state index contributed by atoms with van der Waals surface area (Å²) < 4.78 is 48.1. The highest BCUT2D eigenvalue weighted by Gasteiger charge is 2.33. The molecule has 0 N–H and O–H groups in total. The van der Waals surface area contributed by atoms with E-state index in [0.29, 0.717) is 5.69 Å². The van der Waals surface area contributed by atoms with Crippen LogP contribution >= 0.6 is 0 Å². The van der Waals surface area contributed by atoms with E-state index in [2.05, 4.69) is 216 Å². The summed E-state index contributed by atoms with van der Waals surface area (Å²) in [7, 11) is 0. The fourth-order valence-corrected chi connectivity index (χ4v) is 14.8. The Hall–Kier alpha value is -7.97. The van der Waals surface area contributed by atoms with Crippen LogP contribution < -0.4 is 0 Å². The largest absolute Gasteiger partial charge is 0.416 e. The summed E-state index contributed by atoms with van der Waals surface area (Å²) >= 11 is 0. The predicted octanol–water partition coefficient (Wildman–Crippen LogP) is 25.6. The molecule has 5 aromatic heterocycles. The molecule has 0 aliphatic rings. The third-order valence-electron chi connectivity index (χ3n) is 22.3. The molecule has 5 nitrogen and oxygen atoms in total. The molecule has 0 amide bonds. The topological polar surface area (TPSA) is 40.6 Å². The molecule has 0 saturated carbocycles. The van der Waals surface area contributed by atoms with Crippen molar-refractivity contribution < 1.29 is 13.2 Å². The van der Waals surface area contributed by atoms with Crippen molar-refractivity contribution in [1.29, 1.82) is 0 Å². The number of aryl methyl sites for hydroxylation is 15. The second-order valence-corrected chi connectivity index (χ2v) is 26.2. The Morgan fingerprint density at radius 2 is 0.479 bits per heavy atom. The molecular formula is C86H108F3N5. The predicted molar refractivity (Wildman–Crippen MR) is 405 cm³/mol. The van der Waals surface area contributed by atoms with Crippen LogP contribution in [0.3, 0.4) is 0 Å². The number of hydrogen-bond donors (Lipinski definition) is 0. The van der Waals surface area contributed by atoms with Gasteiger partial charge in [-0.25, -0.2) is 0 Å². The van der Waals surface area contributed by atoms with Gasteiger partial charge in [-0.1, -0.05) is 47.6 Å². The van der Waals surface area contributed by atoms with Gasteiger partial charge in [0.15, 0.2) is 0 Å². The summed E-state index contributed by atoms with van der Waals surface area (Å²) in [5.74, 6) is 0. The zero-order chi connectivity index (χ0) is 70.8. The van der Waals surface area contributed by atoms with Gasteiger partial charge in [-0.3, -0.25) is 9.97 Å². The Morgan fingerprint density at radius 1 is 0.245 bits per heavy atom. The van der Waals surface area contributed by atoms with Gasteiger partial charge in [0.25, 0.3) is 0 Å². The van der Waals surface area contributed by atoms with Gasteiger partial charge in [0.05, 0.1) is 56.2 Å². The molecule has 0 aliphatic heterocycles. The minimum Gasteiger partial charge on any atom is -0.308 e. The maximum atomic E-state index is 13.7. The number of nitrogens with zero attached hydrogens (tertiary/aromatic N) is 5. The fraction of sp³-hybridized carbons (Fsp3) is 0.395. The Balaban J connectivity index is 0.000000192. The highest BCUT2D eigenvalue weighted by molar-refractivity contribution is 6.18. The number of hydrogen-bond acceptors (Lipinski definition) is 2. The van der Waals surface area contributed by atoms with Crippen LogP contribution in [0, 0.1) is 187 Å². The highest BCUT2D eigenvalue weighted by atomic mass is 19.4. The van der Waals surface area contributed by atoms with Gasteiger partial charge in [-0.2, -0.15) is 13.2 Å². The summed E-state index contributed by atoms with van der Waals surface area (Å²) in [6, 6.07) is 8.33. The van der Waals surface area contributed by atoms with Crippen molar-refractivity contribution >= 4 is 65.4 Å². The normalized spacial score (nSPS) is 11.4. The minimum absolute atomic E-state index is 0.594. The molecule has 8 heteroatoms. The minimum atomic E-state index is -4.39. The lowest BCUT2D eigenvalue weighted by atomic mass is 9.90. The van der Waals surface area contributed by atoms with Crippen LogP contribution in [-0.4, -0.2) is 23.7 Å². The van der Waals surface area contributed by atoms with Crippen molar-refractivity contribution in [2.45, 2.75) is 235 Å². The molecule has 498 valence electrons. The van der Waals surface area contributed by atoms with Crippen molar-refractivity contribution in [2.24, 2.45) is 0 Å². The van der Waals surface area contributed by atoms with Crippen molar-refractivity contribution in [1.82, 2.24) is 23.7 Å². The second kappa shape index (κ2) is 27.8. The van der Waals surface area contributed by atoms with E-state index in [4.69, 9.17) is 0 Å².